The number of aromatic nitrogens is 2. The van der Waals surface area contributed by atoms with Crippen LogP contribution in [0, 0.1) is 0 Å². The average Bonchev–Trinajstić information content (AvgIpc) is 2.42. The fourth-order valence-corrected chi connectivity index (χ4v) is 2.48. The van der Waals surface area contributed by atoms with Gasteiger partial charge in [0.05, 0.1) is 0 Å². The van der Waals surface area contributed by atoms with E-state index >= 15 is 0 Å². The number of hydrogen-bond acceptors (Lipinski definition) is 5. The Bertz CT molecular complexity index is 409. The van der Waals surface area contributed by atoms with Gasteiger partial charge in [-0.2, -0.15) is 0 Å². The first kappa shape index (κ1) is 17.7. The molecule has 0 fully saturated rings. The minimum absolute atomic E-state index is 0.556. The molecule has 21 heavy (non-hydrogen) atoms. The SMILES string of the molecule is CCCc1nc(NC)cc(NCCN(C(C)C)C(C)C)n1. The third-order valence-electron chi connectivity index (χ3n) is 3.50. The lowest BCUT2D eigenvalue weighted by molar-refractivity contribution is 0.182. The highest BCUT2D eigenvalue weighted by atomic mass is 15.2. The number of nitrogens with one attached hydrogen (secondary N) is 2. The highest BCUT2D eigenvalue weighted by Crippen LogP contribution is 2.12. The van der Waals surface area contributed by atoms with E-state index in [0.717, 1.165) is 43.4 Å². The molecule has 1 aromatic heterocycles. The fraction of sp³-hybridized carbons (Fsp3) is 0.750. The Hall–Kier alpha value is -1.36. The molecule has 0 aliphatic carbocycles. The van der Waals surface area contributed by atoms with Crippen LogP contribution < -0.4 is 10.6 Å². The summed E-state index contributed by atoms with van der Waals surface area (Å²) in [5.74, 6) is 2.68. The van der Waals surface area contributed by atoms with E-state index in [1.165, 1.54) is 0 Å². The van der Waals surface area contributed by atoms with Crippen LogP contribution in [0.4, 0.5) is 11.6 Å². The lowest BCUT2D eigenvalue weighted by atomic mass is 10.2. The summed E-state index contributed by atoms with van der Waals surface area (Å²) in [6, 6.07) is 3.08. The number of hydrogen-bond donors (Lipinski definition) is 2. The zero-order chi connectivity index (χ0) is 15.8. The maximum Gasteiger partial charge on any atom is 0.133 e. The zero-order valence-corrected chi connectivity index (χ0v) is 14.4. The van der Waals surface area contributed by atoms with Crippen LogP contribution in [0.25, 0.3) is 0 Å². The number of aryl methyl sites for hydroxylation is 1. The van der Waals surface area contributed by atoms with E-state index in [0.29, 0.717) is 12.1 Å². The summed E-state index contributed by atoms with van der Waals surface area (Å²) in [5.41, 5.74) is 0. The van der Waals surface area contributed by atoms with Crippen LogP contribution in [0.2, 0.25) is 0 Å². The first-order chi connectivity index (χ1) is 9.97. The van der Waals surface area contributed by atoms with Gasteiger partial charge in [0, 0.05) is 44.7 Å². The Morgan fingerprint density at radius 2 is 1.71 bits per heavy atom. The van der Waals surface area contributed by atoms with Crippen molar-refractivity contribution in [2.45, 2.75) is 59.5 Å². The first-order valence-electron chi connectivity index (χ1n) is 8.03. The van der Waals surface area contributed by atoms with Crippen molar-refractivity contribution >= 4 is 11.6 Å². The average molecular weight is 293 g/mol. The van der Waals surface area contributed by atoms with E-state index in [1.807, 2.05) is 13.1 Å². The van der Waals surface area contributed by atoms with E-state index in [4.69, 9.17) is 0 Å². The van der Waals surface area contributed by atoms with Gasteiger partial charge in [-0.1, -0.05) is 6.92 Å². The number of anilines is 2. The quantitative estimate of drug-likeness (QED) is 0.733. The van der Waals surface area contributed by atoms with Crippen molar-refractivity contribution in [3.63, 3.8) is 0 Å². The largest absolute Gasteiger partial charge is 0.373 e. The van der Waals surface area contributed by atoms with Gasteiger partial charge < -0.3 is 10.6 Å². The van der Waals surface area contributed by atoms with Gasteiger partial charge in [0.2, 0.25) is 0 Å². The summed E-state index contributed by atoms with van der Waals surface area (Å²) < 4.78 is 0. The number of nitrogens with zero attached hydrogens (tertiary/aromatic N) is 3. The molecule has 0 amide bonds. The minimum Gasteiger partial charge on any atom is -0.373 e. The molecule has 2 N–H and O–H groups in total. The molecular weight excluding hydrogens is 262 g/mol. The fourth-order valence-electron chi connectivity index (χ4n) is 2.48. The van der Waals surface area contributed by atoms with Crippen LogP contribution in [0.1, 0.15) is 46.9 Å². The normalized spacial score (nSPS) is 11.5. The Morgan fingerprint density at radius 3 is 2.24 bits per heavy atom. The minimum atomic E-state index is 0.556. The summed E-state index contributed by atoms with van der Waals surface area (Å²) in [5, 5.41) is 6.53. The highest BCUT2D eigenvalue weighted by Gasteiger charge is 2.12. The van der Waals surface area contributed by atoms with E-state index in [2.05, 4.69) is 60.1 Å². The molecule has 0 atom stereocenters. The zero-order valence-electron chi connectivity index (χ0n) is 14.4. The molecule has 0 saturated carbocycles. The van der Waals surface area contributed by atoms with Crippen molar-refractivity contribution in [3.05, 3.63) is 11.9 Å². The van der Waals surface area contributed by atoms with Gasteiger partial charge in [-0.3, -0.25) is 4.90 Å². The summed E-state index contributed by atoms with van der Waals surface area (Å²) >= 11 is 0. The maximum atomic E-state index is 4.58. The molecule has 1 heterocycles. The molecule has 5 heteroatoms. The Kier molecular flexibility index (Phi) is 7.43. The molecular formula is C16H31N5. The molecule has 1 rings (SSSR count). The molecule has 0 spiro atoms. The van der Waals surface area contributed by atoms with Gasteiger partial charge in [-0.15, -0.1) is 0 Å². The summed E-state index contributed by atoms with van der Waals surface area (Å²) in [7, 11) is 1.89. The summed E-state index contributed by atoms with van der Waals surface area (Å²) in [6.07, 6.45) is 1.97. The topological polar surface area (TPSA) is 53.1 Å². The summed E-state index contributed by atoms with van der Waals surface area (Å²) in [4.78, 5) is 11.5. The van der Waals surface area contributed by atoms with Crippen LogP contribution in [0.15, 0.2) is 6.07 Å². The molecule has 0 radical (unpaired) electrons. The Labute approximate surface area is 129 Å². The van der Waals surface area contributed by atoms with Gasteiger partial charge in [0.25, 0.3) is 0 Å². The van der Waals surface area contributed by atoms with Crippen molar-refractivity contribution in [2.75, 3.05) is 30.8 Å². The highest BCUT2D eigenvalue weighted by molar-refractivity contribution is 5.47. The summed E-state index contributed by atoms with van der Waals surface area (Å²) in [6.45, 7) is 13.0. The second-order valence-corrected chi connectivity index (χ2v) is 5.91. The van der Waals surface area contributed by atoms with Gasteiger partial charge in [0.1, 0.15) is 17.5 Å². The predicted molar refractivity (Wildman–Crippen MR) is 91.0 cm³/mol. The number of rotatable bonds is 9. The van der Waals surface area contributed by atoms with Crippen LogP contribution in [0.5, 0.6) is 0 Å². The van der Waals surface area contributed by atoms with Crippen molar-refractivity contribution < 1.29 is 0 Å². The smallest absolute Gasteiger partial charge is 0.133 e. The third kappa shape index (κ3) is 5.87. The lowest BCUT2D eigenvalue weighted by Gasteiger charge is -2.30. The Balaban J connectivity index is 2.63. The third-order valence-corrected chi connectivity index (χ3v) is 3.50. The van der Waals surface area contributed by atoms with E-state index in [-0.39, 0.29) is 0 Å². The standard InChI is InChI=1S/C16H31N5/c1-7-8-14-19-15(17-6)11-16(20-14)18-9-10-21(12(2)3)13(4)5/h11-13H,7-10H2,1-6H3,(H2,17,18,19,20). The molecule has 120 valence electrons. The molecule has 0 bridgehead atoms. The van der Waals surface area contributed by atoms with Crippen molar-refractivity contribution in [2.24, 2.45) is 0 Å². The molecule has 0 saturated heterocycles. The second kappa shape index (κ2) is 8.82. The Morgan fingerprint density at radius 1 is 1.10 bits per heavy atom. The molecule has 0 aliphatic heterocycles. The van der Waals surface area contributed by atoms with Gasteiger partial charge in [-0.05, 0) is 34.1 Å². The monoisotopic (exact) mass is 293 g/mol. The van der Waals surface area contributed by atoms with E-state index in [9.17, 15) is 0 Å². The molecule has 0 aliphatic rings. The molecule has 5 nitrogen and oxygen atoms in total. The second-order valence-electron chi connectivity index (χ2n) is 5.91. The van der Waals surface area contributed by atoms with Crippen molar-refractivity contribution in [1.29, 1.82) is 0 Å². The van der Waals surface area contributed by atoms with Gasteiger partial charge in [-0.25, -0.2) is 9.97 Å². The lowest BCUT2D eigenvalue weighted by Crippen LogP contribution is -2.40. The van der Waals surface area contributed by atoms with Crippen LogP contribution in [0.3, 0.4) is 0 Å². The maximum absolute atomic E-state index is 4.58. The van der Waals surface area contributed by atoms with Crippen LogP contribution in [-0.2, 0) is 6.42 Å². The molecule has 0 unspecified atom stereocenters. The van der Waals surface area contributed by atoms with E-state index in [1.54, 1.807) is 0 Å². The van der Waals surface area contributed by atoms with Crippen LogP contribution in [-0.4, -0.2) is 47.1 Å². The predicted octanol–water partition coefficient (Wildman–Crippen LogP) is 3.00. The van der Waals surface area contributed by atoms with Gasteiger partial charge in [0.15, 0.2) is 0 Å². The van der Waals surface area contributed by atoms with Crippen molar-refractivity contribution in [1.82, 2.24) is 14.9 Å². The van der Waals surface area contributed by atoms with Gasteiger partial charge >= 0.3 is 0 Å². The van der Waals surface area contributed by atoms with Crippen molar-refractivity contribution in [3.8, 4) is 0 Å². The van der Waals surface area contributed by atoms with E-state index < -0.39 is 0 Å². The molecule has 1 aromatic rings. The first-order valence-corrected chi connectivity index (χ1v) is 8.03. The molecule has 0 aromatic carbocycles. The van der Waals surface area contributed by atoms with Crippen LogP contribution >= 0.6 is 0 Å².